The van der Waals surface area contributed by atoms with Crippen molar-refractivity contribution >= 4 is 81.1 Å². The molecule has 4 heterocycles. The largest absolute Gasteiger partial charge is 0.508 e. The number of nitrogens with one attached hydrogen (secondary N) is 2. The number of thiazole rings is 1. The molecular formula is C58H58N9O9S3+. The molecule has 0 radical (unpaired) electrons. The molecule has 2 aliphatic heterocycles. The van der Waals surface area contributed by atoms with E-state index in [1.54, 1.807) is 74.2 Å². The Morgan fingerprint density at radius 2 is 1.46 bits per heavy atom. The van der Waals surface area contributed by atoms with E-state index in [9.17, 15) is 24.3 Å². The predicted molar refractivity (Wildman–Crippen MR) is 304 cm³/mol. The third-order valence-electron chi connectivity index (χ3n) is 12.6. The monoisotopic (exact) mass is 1120 g/mol. The number of nitrogens with zero attached hydrogens (tertiary/aromatic N) is 5. The topological polar surface area (TPSA) is 247 Å². The molecule has 2 aliphatic rings. The first kappa shape index (κ1) is 55.4. The van der Waals surface area contributed by atoms with E-state index in [-0.39, 0.29) is 52.6 Å². The standard InChI is InChI=1S/C58H57N9O9S3/c1-56(2,3)75-53(72)57(4,5)76-65-46(43-34-78-54(61-43)64-58(37-16-10-7-11-17-37,38-18-12-8-13-19-38)39-20-14-9-15-21-39)49(69)63-47-50(70)67-48(52(71)74-31-35-22-28-42(73-6)29-23-35)36(32-77-51(47)67)33-79-55-62-44(59)30-45(60)66(55)40-24-26-41(68)27-25-40/h7-30,34,47,51H,31-33H2,1-6H3,(H6,59,60,61,63,64,68,69)/p+1/b65-46-. The van der Waals surface area contributed by atoms with Gasteiger partial charge in [0.05, 0.1) is 13.2 Å². The van der Waals surface area contributed by atoms with Gasteiger partial charge in [0.1, 0.15) is 57.7 Å². The molecule has 0 saturated carbocycles. The highest BCUT2D eigenvalue weighted by atomic mass is 32.2. The van der Waals surface area contributed by atoms with E-state index in [1.165, 1.54) is 71.8 Å². The van der Waals surface area contributed by atoms with Gasteiger partial charge in [-0.3, -0.25) is 14.5 Å². The number of amides is 2. The Kier molecular flexibility index (Phi) is 16.3. The Morgan fingerprint density at radius 3 is 2.04 bits per heavy atom. The Bertz CT molecular complexity index is 3330. The van der Waals surface area contributed by atoms with Crippen LogP contribution in [0.5, 0.6) is 11.5 Å². The molecule has 406 valence electrons. The lowest BCUT2D eigenvalue weighted by molar-refractivity contribution is -0.626. The van der Waals surface area contributed by atoms with Crippen LogP contribution < -0.4 is 31.4 Å². The lowest BCUT2D eigenvalue weighted by Gasteiger charge is -2.49. The van der Waals surface area contributed by atoms with Crippen LogP contribution in [0.15, 0.2) is 173 Å². The fourth-order valence-corrected chi connectivity index (χ4v) is 12.0. The number of thioether (sulfide) groups is 2. The maximum atomic E-state index is 14.9. The van der Waals surface area contributed by atoms with Gasteiger partial charge in [-0.25, -0.2) is 14.6 Å². The van der Waals surface area contributed by atoms with Crippen molar-refractivity contribution in [2.45, 2.75) is 74.5 Å². The molecule has 0 spiro atoms. The third-order valence-corrected chi connectivity index (χ3v) is 15.8. The van der Waals surface area contributed by atoms with Crippen LogP contribution in [0.2, 0.25) is 0 Å². The molecule has 0 bridgehead atoms. The van der Waals surface area contributed by atoms with E-state index in [0.29, 0.717) is 32.9 Å². The zero-order valence-electron chi connectivity index (χ0n) is 44.0. The number of phenolic OH excluding ortho intramolecular Hbond substituents is 1. The molecule has 7 aromatic rings. The summed E-state index contributed by atoms with van der Waals surface area (Å²) >= 11 is 3.78. The second-order valence-electron chi connectivity index (χ2n) is 19.8. The highest BCUT2D eigenvalue weighted by Gasteiger charge is 2.55. The Morgan fingerprint density at radius 1 is 0.848 bits per heavy atom. The molecule has 2 aromatic heterocycles. The van der Waals surface area contributed by atoms with E-state index in [1.807, 2.05) is 91.0 Å². The molecular weight excluding hydrogens is 1060 g/mol. The minimum atomic E-state index is -1.68. The summed E-state index contributed by atoms with van der Waals surface area (Å²) in [6.07, 6.45) is 0. The van der Waals surface area contributed by atoms with Crippen LogP contribution in [-0.2, 0) is 45.6 Å². The average Bonchev–Trinajstić information content (AvgIpc) is 4.00. The summed E-state index contributed by atoms with van der Waals surface area (Å²) in [6.45, 7) is 7.99. The van der Waals surface area contributed by atoms with Crippen molar-refractivity contribution < 1.29 is 47.9 Å². The first-order valence-corrected chi connectivity index (χ1v) is 27.8. The van der Waals surface area contributed by atoms with E-state index in [2.05, 4.69) is 20.8 Å². The van der Waals surface area contributed by atoms with Crippen LogP contribution >= 0.6 is 34.9 Å². The SMILES string of the molecule is COc1ccc(COC(=O)C2=C(CSc3nc(N)cc(N)[n+]3-c3ccc(O)cc3)CSC3C(NC(=O)/C(=N\OC(C)(C)C(=O)OC(C)(C)C)c4csc(NC(c5ccccc5)(c5ccccc5)c5ccccc5)n4)C(=O)N23)cc1. The maximum absolute atomic E-state index is 14.9. The number of hydrogen-bond donors (Lipinski definition) is 5. The molecule has 79 heavy (non-hydrogen) atoms. The van der Waals surface area contributed by atoms with Gasteiger partial charge in [-0.15, -0.1) is 23.1 Å². The van der Waals surface area contributed by atoms with Crippen LogP contribution in [-0.4, -0.2) is 90.7 Å². The summed E-state index contributed by atoms with van der Waals surface area (Å²) in [7, 11) is 1.55. The number of benzene rings is 5. The number of phenols is 1. The Balaban J connectivity index is 1.04. The van der Waals surface area contributed by atoms with E-state index < -0.39 is 51.9 Å². The van der Waals surface area contributed by atoms with Gasteiger partial charge in [-0.05, 0) is 111 Å². The summed E-state index contributed by atoms with van der Waals surface area (Å²) in [5.74, 6) is -1.44. The number of hydrogen-bond acceptors (Lipinski definition) is 18. The molecule has 5 aromatic carbocycles. The number of aromatic nitrogens is 3. The van der Waals surface area contributed by atoms with Crippen LogP contribution in [0.25, 0.3) is 5.69 Å². The Hall–Kier alpha value is -8.40. The van der Waals surface area contributed by atoms with Crippen molar-refractivity contribution in [2.75, 3.05) is 35.4 Å². The van der Waals surface area contributed by atoms with E-state index in [4.69, 9.17) is 35.5 Å². The van der Waals surface area contributed by atoms with Gasteiger partial charge in [0, 0.05) is 16.9 Å². The highest BCUT2D eigenvalue weighted by molar-refractivity contribution is 8.01. The van der Waals surface area contributed by atoms with Gasteiger partial charge in [0.25, 0.3) is 11.8 Å². The number of carbonyl (C=O) groups is 4. The minimum absolute atomic E-state index is 0.0126. The number of ether oxygens (including phenoxy) is 3. The number of β-lactam (4-membered cyclic amide) rings is 1. The summed E-state index contributed by atoms with van der Waals surface area (Å²) in [6, 6.07) is 43.5. The van der Waals surface area contributed by atoms with Crippen LogP contribution in [0.4, 0.5) is 16.8 Å². The molecule has 2 unspecified atom stereocenters. The number of rotatable bonds is 19. The van der Waals surface area contributed by atoms with Crippen LogP contribution in [0.3, 0.4) is 0 Å². The van der Waals surface area contributed by atoms with Crippen molar-refractivity contribution in [3.63, 3.8) is 0 Å². The molecule has 9 rings (SSSR count). The van der Waals surface area contributed by atoms with Gasteiger partial charge in [-0.2, -0.15) is 4.57 Å². The van der Waals surface area contributed by atoms with Crippen molar-refractivity contribution in [2.24, 2.45) is 5.16 Å². The molecule has 2 amide bonds. The number of fused-ring (bicyclic) bond motifs is 1. The van der Waals surface area contributed by atoms with Gasteiger partial charge in [0.15, 0.2) is 10.8 Å². The lowest BCUT2D eigenvalue weighted by atomic mass is 9.77. The molecule has 2 atom stereocenters. The normalized spacial score (nSPS) is 15.6. The zero-order valence-corrected chi connectivity index (χ0v) is 46.5. The van der Waals surface area contributed by atoms with Crippen molar-refractivity contribution in [3.05, 3.63) is 190 Å². The Labute approximate surface area is 469 Å². The highest BCUT2D eigenvalue weighted by Crippen LogP contribution is 2.43. The number of oxime groups is 1. The maximum Gasteiger partial charge on any atom is 0.355 e. The predicted octanol–water partition coefficient (Wildman–Crippen LogP) is 8.13. The summed E-state index contributed by atoms with van der Waals surface area (Å²) in [5.41, 5.74) is 13.5. The number of anilines is 3. The average molecular weight is 1120 g/mol. The second kappa shape index (κ2) is 23.3. The van der Waals surface area contributed by atoms with Crippen molar-refractivity contribution in [1.29, 1.82) is 0 Å². The van der Waals surface area contributed by atoms with E-state index >= 15 is 0 Å². The lowest BCUT2D eigenvalue weighted by Crippen LogP contribution is -2.71. The number of carbonyl (C=O) groups excluding carboxylic acids is 4. The zero-order chi connectivity index (χ0) is 56.1. The second-order valence-corrected chi connectivity index (χ2v) is 22.7. The molecule has 18 nitrogen and oxygen atoms in total. The fraction of sp³-hybridized carbons (Fsp3) is 0.241. The molecule has 1 fully saturated rings. The smallest absolute Gasteiger partial charge is 0.355 e. The third kappa shape index (κ3) is 12.2. The van der Waals surface area contributed by atoms with Gasteiger partial charge < -0.3 is 46.3 Å². The number of methoxy groups -OCH3 is 1. The van der Waals surface area contributed by atoms with Crippen molar-refractivity contribution in [1.82, 2.24) is 20.2 Å². The molecule has 21 heteroatoms. The van der Waals surface area contributed by atoms with Gasteiger partial charge in [0.2, 0.25) is 17.2 Å². The fourth-order valence-electron chi connectivity index (χ4n) is 8.74. The molecule has 1 saturated heterocycles. The first-order chi connectivity index (χ1) is 37.8. The summed E-state index contributed by atoms with van der Waals surface area (Å²) in [5, 5.41) is 22.6. The number of nitrogen functional groups attached to an aromatic ring is 2. The summed E-state index contributed by atoms with van der Waals surface area (Å²) in [4.78, 5) is 74.1. The number of esters is 2. The quantitative estimate of drug-likeness (QED) is 0.00750. The van der Waals surface area contributed by atoms with E-state index in [0.717, 1.165) is 16.7 Å². The van der Waals surface area contributed by atoms with Crippen LogP contribution in [0, 0.1) is 0 Å². The van der Waals surface area contributed by atoms with Gasteiger partial charge in [-0.1, -0.05) is 113 Å². The number of nitrogens with two attached hydrogens (primary N) is 2. The van der Waals surface area contributed by atoms with Crippen molar-refractivity contribution in [3.8, 4) is 17.2 Å². The molecule has 7 N–H and O–H groups in total. The molecule has 0 aliphatic carbocycles. The van der Waals surface area contributed by atoms with Gasteiger partial charge >= 0.3 is 17.1 Å². The van der Waals surface area contributed by atoms with Crippen LogP contribution in [0.1, 0.15) is 62.6 Å². The summed E-state index contributed by atoms with van der Waals surface area (Å²) < 4.78 is 18.5. The first-order valence-electron chi connectivity index (χ1n) is 24.9. The minimum Gasteiger partial charge on any atom is -0.508 e. The number of aromatic hydroxyl groups is 1.